The number of thiophene rings is 1. The number of thioether (sulfide) groups is 1. The summed E-state index contributed by atoms with van der Waals surface area (Å²) < 4.78 is 0.998. The molecule has 0 saturated heterocycles. The summed E-state index contributed by atoms with van der Waals surface area (Å²) in [7, 11) is 0. The number of fused-ring (bicyclic) bond motifs is 5. The lowest BCUT2D eigenvalue weighted by Crippen LogP contribution is -2.14. The van der Waals surface area contributed by atoms with Crippen molar-refractivity contribution in [2.24, 2.45) is 5.92 Å². The van der Waals surface area contributed by atoms with E-state index in [2.05, 4.69) is 29.1 Å². The molecule has 0 fully saturated rings. The summed E-state index contributed by atoms with van der Waals surface area (Å²) in [6.07, 6.45) is 5.92. The van der Waals surface area contributed by atoms with Gasteiger partial charge in [0.25, 0.3) is 0 Å². The molecule has 3 aromatic heterocycles. The Bertz CT molecular complexity index is 1390. The first-order valence-corrected chi connectivity index (χ1v) is 13.4. The van der Waals surface area contributed by atoms with Gasteiger partial charge in [0.05, 0.1) is 26.7 Å². The number of hydrogen-bond donors (Lipinski definition) is 1. The van der Waals surface area contributed by atoms with Crippen molar-refractivity contribution in [3.05, 3.63) is 51.4 Å². The Morgan fingerprint density at radius 3 is 2.82 bits per heavy atom. The second-order valence-electron chi connectivity index (χ2n) is 8.57. The molecule has 9 heteroatoms. The summed E-state index contributed by atoms with van der Waals surface area (Å²) in [6, 6.07) is 5.00. The summed E-state index contributed by atoms with van der Waals surface area (Å²) in [5, 5.41) is 5.75. The molecule has 0 aliphatic heterocycles. The lowest BCUT2D eigenvalue weighted by Gasteiger charge is -2.11. The van der Waals surface area contributed by atoms with Crippen molar-refractivity contribution in [1.29, 1.82) is 0 Å². The Morgan fingerprint density at radius 2 is 2.03 bits per heavy atom. The van der Waals surface area contributed by atoms with Gasteiger partial charge in [-0.15, -0.1) is 11.3 Å². The third kappa shape index (κ3) is 4.56. The zero-order chi connectivity index (χ0) is 23.1. The van der Waals surface area contributed by atoms with E-state index in [0.29, 0.717) is 21.7 Å². The highest BCUT2D eigenvalue weighted by molar-refractivity contribution is 8.00. The van der Waals surface area contributed by atoms with Crippen molar-refractivity contribution in [3.63, 3.8) is 0 Å². The number of nitrogens with one attached hydrogen (secondary N) is 1. The monoisotopic (exact) mass is 516 g/mol. The summed E-state index contributed by atoms with van der Waals surface area (Å²) >= 11 is 15.1. The number of halogens is 2. The Morgan fingerprint density at radius 1 is 1.21 bits per heavy atom. The van der Waals surface area contributed by atoms with Crippen LogP contribution in [0.1, 0.15) is 37.1 Å². The number of anilines is 1. The number of aromatic nitrogens is 3. The minimum Gasteiger partial charge on any atom is -0.324 e. The molecule has 0 unspecified atom stereocenters. The predicted molar refractivity (Wildman–Crippen MR) is 139 cm³/mol. The molecular weight excluding hydrogens is 495 g/mol. The average Bonchev–Trinajstić information content (AvgIpc) is 3.38. The maximum atomic E-state index is 12.6. The van der Waals surface area contributed by atoms with Gasteiger partial charge in [-0.2, -0.15) is 0 Å². The Balaban J connectivity index is 1.44. The predicted octanol–water partition coefficient (Wildman–Crippen LogP) is 6.96. The summed E-state index contributed by atoms with van der Waals surface area (Å²) in [4.78, 5) is 27.8. The number of hydrogen-bond acceptors (Lipinski definition) is 6. The molecular formula is C24H22Cl2N4OS2. The molecule has 1 amide bonds. The van der Waals surface area contributed by atoms with Crippen LogP contribution in [0.2, 0.25) is 10.0 Å². The van der Waals surface area contributed by atoms with Gasteiger partial charge in [-0.1, -0.05) is 48.8 Å². The maximum Gasteiger partial charge on any atom is 0.234 e. The van der Waals surface area contributed by atoms with Gasteiger partial charge in [0.2, 0.25) is 5.91 Å². The number of aryl methyl sites for hydroxylation is 1. The van der Waals surface area contributed by atoms with Crippen LogP contribution < -0.4 is 5.32 Å². The smallest absolute Gasteiger partial charge is 0.234 e. The van der Waals surface area contributed by atoms with E-state index >= 15 is 0 Å². The highest BCUT2D eigenvalue weighted by atomic mass is 35.5. The van der Waals surface area contributed by atoms with Crippen LogP contribution in [-0.4, -0.2) is 26.6 Å². The highest BCUT2D eigenvalue weighted by Crippen LogP contribution is 2.42. The van der Waals surface area contributed by atoms with Gasteiger partial charge in [-0.05, 0) is 60.9 Å². The third-order valence-corrected chi connectivity index (χ3v) is 8.42. The zero-order valence-electron chi connectivity index (χ0n) is 18.2. The quantitative estimate of drug-likeness (QED) is 0.221. The fraction of sp³-hybridized carbons (Fsp3) is 0.333. The van der Waals surface area contributed by atoms with E-state index in [0.717, 1.165) is 39.3 Å². The van der Waals surface area contributed by atoms with Gasteiger partial charge in [-0.3, -0.25) is 4.79 Å². The first-order valence-electron chi connectivity index (χ1n) is 10.9. The SMILES string of the molecule is CC(C)Cc1nc2sc3c(SCC(=O)Nc4ccc(Cl)cc4Cl)ncnc3c2c2c1CCC2. The van der Waals surface area contributed by atoms with Crippen LogP contribution >= 0.6 is 46.3 Å². The molecule has 5 rings (SSSR count). The molecule has 1 aliphatic carbocycles. The van der Waals surface area contributed by atoms with Crippen molar-refractivity contribution in [2.75, 3.05) is 11.1 Å². The van der Waals surface area contributed by atoms with E-state index in [1.807, 2.05) is 0 Å². The van der Waals surface area contributed by atoms with Crippen molar-refractivity contribution in [3.8, 4) is 0 Å². The first kappa shape index (κ1) is 22.8. The molecule has 0 spiro atoms. The van der Waals surface area contributed by atoms with Gasteiger partial charge in [-0.25, -0.2) is 15.0 Å². The summed E-state index contributed by atoms with van der Waals surface area (Å²) in [5.41, 5.74) is 5.56. The number of pyridine rings is 1. The lowest BCUT2D eigenvalue weighted by molar-refractivity contribution is -0.113. The number of rotatable bonds is 6. The van der Waals surface area contributed by atoms with Gasteiger partial charge in [0, 0.05) is 16.1 Å². The minimum atomic E-state index is -0.157. The molecule has 1 aliphatic rings. The minimum absolute atomic E-state index is 0.157. The second-order valence-corrected chi connectivity index (χ2v) is 11.4. The van der Waals surface area contributed by atoms with Crippen molar-refractivity contribution >= 4 is 78.3 Å². The average molecular weight is 518 g/mol. The molecule has 170 valence electrons. The van der Waals surface area contributed by atoms with Crippen LogP contribution in [0.15, 0.2) is 29.6 Å². The summed E-state index contributed by atoms with van der Waals surface area (Å²) in [6.45, 7) is 4.47. The van der Waals surface area contributed by atoms with Gasteiger partial charge < -0.3 is 5.32 Å². The molecule has 5 nitrogen and oxygen atoms in total. The van der Waals surface area contributed by atoms with E-state index in [9.17, 15) is 4.79 Å². The number of carbonyl (C=O) groups excluding carboxylic acids is 1. The second kappa shape index (κ2) is 9.37. The number of amides is 1. The standard InChI is InChI=1S/C24H22Cl2N4OS2/c1-12(2)8-18-14-4-3-5-15(14)20-21-22(33-23(20)30-18)24(28-11-27-21)32-10-19(31)29-17-7-6-13(25)9-16(17)26/h6-7,9,11-12H,3-5,8,10H2,1-2H3,(H,29,31). The molecule has 1 aromatic carbocycles. The van der Waals surface area contributed by atoms with E-state index in [-0.39, 0.29) is 11.7 Å². The van der Waals surface area contributed by atoms with Crippen LogP contribution in [0.4, 0.5) is 5.69 Å². The number of benzene rings is 1. The zero-order valence-corrected chi connectivity index (χ0v) is 21.4. The van der Waals surface area contributed by atoms with Crippen LogP contribution in [-0.2, 0) is 24.1 Å². The molecule has 0 atom stereocenters. The molecule has 1 N–H and O–H groups in total. The van der Waals surface area contributed by atoms with E-state index in [1.54, 1.807) is 35.9 Å². The van der Waals surface area contributed by atoms with Gasteiger partial charge in [0.1, 0.15) is 16.2 Å². The van der Waals surface area contributed by atoms with E-state index in [4.69, 9.17) is 28.2 Å². The molecule has 3 heterocycles. The topological polar surface area (TPSA) is 67.8 Å². The highest BCUT2D eigenvalue weighted by Gasteiger charge is 2.24. The number of nitrogens with zero attached hydrogens (tertiary/aromatic N) is 3. The van der Waals surface area contributed by atoms with Crippen molar-refractivity contribution in [2.45, 2.75) is 44.6 Å². The van der Waals surface area contributed by atoms with Crippen LogP contribution in [0.5, 0.6) is 0 Å². The normalized spacial score (nSPS) is 13.2. The fourth-order valence-electron chi connectivity index (χ4n) is 4.32. The maximum absolute atomic E-state index is 12.6. The first-order chi connectivity index (χ1) is 15.9. The van der Waals surface area contributed by atoms with Crippen molar-refractivity contribution in [1.82, 2.24) is 15.0 Å². The van der Waals surface area contributed by atoms with Gasteiger partial charge >= 0.3 is 0 Å². The molecule has 0 saturated carbocycles. The Kier molecular flexibility index (Phi) is 6.49. The lowest BCUT2D eigenvalue weighted by atomic mass is 9.99. The molecule has 0 radical (unpaired) electrons. The Hall–Kier alpha value is -1.93. The van der Waals surface area contributed by atoms with Crippen LogP contribution in [0.3, 0.4) is 0 Å². The largest absolute Gasteiger partial charge is 0.324 e. The van der Waals surface area contributed by atoms with Gasteiger partial charge in [0.15, 0.2) is 0 Å². The molecule has 0 bridgehead atoms. The van der Waals surface area contributed by atoms with Crippen LogP contribution in [0.25, 0.3) is 20.4 Å². The fourth-order valence-corrected chi connectivity index (χ4v) is 6.83. The number of carbonyl (C=O) groups is 1. The molecule has 4 aromatic rings. The van der Waals surface area contributed by atoms with E-state index in [1.165, 1.54) is 40.4 Å². The van der Waals surface area contributed by atoms with Crippen LogP contribution in [0, 0.1) is 5.92 Å². The van der Waals surface area contributed by atoms with Crippen molar-refractivity contribution < 1.29 is 4.79 Å². The molecule has 33 heavy (non-hydrogen) atoms. The summed E-state index contributed by atoms with van der Waals surface area (Å²) in [5.74, 6) is 0.617. The Labute approximate surface area is 210 Å². The third-order valence-electron chi connectivity index (χ3n) is 5.67. The van der Waals surface area contributed by atoms with E-state index < -0.39 is 0 Å².